The number of nitrogens with zero attached hydrogens (tertiary/aromatic N) is 5. The largest absolute Gasteiger partial charge is 0.381 e. The van der Waals surface area contributed by atoms with Gasteiger partial charge in [-0.25, -0.2) is 4.98 Å². The minimum absolute atomic E-state index is 0.132. The van der Waals surface area contributed by atoms with Crippen LogP contribution in [-0.4, -0.2) is 56.6 Å². The van der Waals surface area contributed by atoms with Gasteiger partial charge >= 0.3 is 0 Å². The first kappa shape index (κ1) is 21.1. The van der Waals surface area contributed by atoms with E-state index < -0.39 is 0 Å². The van der Waals surface area contributed by atoms with Gasteiger partial charge in [0.05, 0.1) is 17.5 Å². The Bertz CT molecular complexity index is 1080. The average molecular weight is 434 g/mol. The van der Waals surface area contributed by atoms with Crippen molar-refractivity contribution in [1.82, 2.24) is 24.4 Å². The molecule has 168 valence electrons. The lowest BCUT2D eigenvalue weighted by molar-refractivity contribution is -0.139. The number of imidazole rings is 1. The summed E-state index contributed by atoms with van der Waals surface area (Å²) in [5.41, 5.74) is 5.01. The fourth-order valence-corrected chi connectivity index (χ4v) is 4.97. The van der Waals surface area contributed by atoms with Crippen LogP contribution in [0.2, 0.25) is 0 Å². The molecule has 5 rings (SSSR count). The van der Waals surface area contributed by atoms with Crippen molar-refractivity contribution in [3.05, 3.63) is 42.6 Å². The predicted molar refractivity (Wildman–Crippen MR) is 123 cm³/mol. The fourth-order valence-electron chi connectivity index (χ4n) is 4.97. The normalized spacial score (nSPS) is 18.5. The molecule has 0 atom stereocenters. The van der Waals surface area contributed by atoms with Gasteiger partial charge in [0.2, 0.25) is 5.91 Å². The van der Waals surface area contributed by atoms with E-state index in [2.05, 4.69) is 34.4 Å². The van der Waals surface area contributed by atoms with Crippen LogP contribution in [0.15, 0.2) is 36.9 Å². The Balaban J connectivity index is 1.42. The van der Waals surface area contributed by atoms with E-state index in [0.717, 1.165) is 66.8 Å². The molecule has 0 spiro atoms. The summed E-state index contributed by atoms with van der Waals surface area (Å²) in [5, 5.41) is 0. The van der Waals surface area contributed by atoms with Crippen LogP contribution in [0.25, 0.3) is 22.3 Å². The van der Waals surface area contributed by atoms with E-state index >= 15 is 0 Å². The molecule has 32 heavy (non-hydrogen) atoms. The third-order valence-electron chi connectivity index (χ3n) is 6.87. The van der Waals surface area contributed by atoms with Crippen LogP contribution in [0, 0.1) is 5.92 Å². The zero-order chi connectivity index (χ0) is 22.1. The van der Waals surface area contributed by atoms with E-state index in [0.29, 0.717) is 31.1 Å². The number of carbonyl (C=O) groups is 1. The van der Waals surface area contributed by atoms with Gasteiger partial charge in [-0.2, -0.15) is 0 Å². The lowest BCUT2D eigenvalue weighted by Crippen LogP contribution is -2.42. The van der Waals surface area contributed by atoms with Gasteiger partial charge in [0.25, 0.3) is 0 Å². The summed E-state index contributed by atoms with van der Waals surface area (Å²) in [6.45, 7) is 7.35. The molecule has 0 unspecified atom stereocenters. The molecule has 1 amide bonds. The Labute approximate surface area is 188 Å². The van der Waals surface area contributed by atoms with Gasteiger partial charge in [-0.1, -0.05) is 0 Å². The van der Waals surface area contributed by atoms with Crippen molar-refractivity contribution in [3.8, 4) is 11.3 Å². The van der Waals surface area contributed by atoms with E-state index in [9.17, 15) is 4.79 Å². The van der Waals surface area contributed by atoms with Crippen molar-refractivity contribution in [3.63, 3.8) is 0 Å². The molecule has 2 aliphatic rings. The maximum atomic E-state index is 12.9. The number of likely N-dealkylation sites (tertiary alicyclic amines) is 1. The maximum absolute atomic E-state index is 12.9. The standard InChI is InChI=1S/C25H31N5O2/c1-17(2)30-16-27-24-22(30)14-21(28-23(24)20-4-3-9-26-15-20)18-5-10-29(11-6-18)25(31)19-7-12-32-13-8-19/h3-4,9,14-19H,5-8,10-13H2,1-2H3. The Kier molecular flexibility index (Phi) is 5.91. The summed E-state index contributed by atoms with van der Waals surface area (Å²) < 4.78 is 7.64. The quantitative estimate of drug-likeness (QED) is 0.616. The number of rotatable bonds is 4. The van der Waals surface area contributed by atoms with E-state index in [4.69, 9.17) is 14.7 Å². The zero-order valence-corrected chi connectivity index (χ0v) is 18.9. The molecular formula is C25H31N5O2. The Hall–Kier alpha value is -2.80. The Morgan fingerprint density at radius 1 is 1.16 bits per heavy atom. The number of aromatic nitrogens is 4. The van der Waals surface area contributed by atoms with Crippen LogP contribution in [0.1, 0.15) is 57.2 Å². The summed E-state index contributed by atoms with van der Waals surface area (Å²) in [6.07, 6.45) is 9.13. The van der Waals surface area contributed by atoms with Crippen molar-refractivity contribution >= 4 is 16.9 Å². The molecule has 0 saturated carbocycles. The van der Waals surface area contributed by atoms with Crippen molar-refractivity contribution in [2.24, 2.45) is 5.92 Å². The van der Waals surface area contributed by atoms with Gasteiger partial charge in [-0.15, -0.1) is 0 Å². The second kappa shape index (κ2) is 8.98. The second-order valence-corrected chi connectivity index (χ2v) is 9.24. The number of ether oxygens (including phenoxy) is 1. The number of piperidine rings is 1. The molecule has 2 aliphatic heterocycles. The fraction of sp³-hybridized carbons (Fsp3) is 0.520. The molecule has 7 nitrogen and oxygen atoms in total. The molecule has 3 aromatic heterocycles. The molecule has 2 fully saturated rings. The first-order valence-corrected chi connectivity index (χ1v) is 11.8. The minimum Gasteiger partial charge on any atom is -0.381 e. The van der Waals surface area contributed by atoms with E-state index in [-0.39, 0.29) is 5.92 Å². The van der Waals surface area contributed by atoms with E-state index in [1.165, 1.54) is 0 Å². The molecule has 0 N–H and O–H groups in total. The van der Waals surface area contributed by atoms with Crippen LogP contribution in [0.5, 0.6) is 0 Å². The molecule has 5 heterocycles. The number of pyridine rings is 2. The van der Waals surface area contributed by atoms with Crippen molar-refractivity contribution in [2.45, 2.75) is 51.5 Å². The molecule has 0 aromatic carbocycles. The molecule has 0 radical (unpaired) electrons. The highest BCUT2D eigenvalue weighted by Gasteiger charge is 2.31. The van der Waals surface area contributed by atoms with Gasteiger partial charge in [0.15, 0.2) is 0 Å². The van der Waals surface area contributed by atoms with Crippen LogP contribution < -0.4 is 0 Å². The predicted octanol–water partition coefficient (Wildman–Crippen LogP) is 4.21. The molecule has 3 aromatic rings. The van der Waals surface area contributed by atoms with Crippen LogP contribution in [0.3, 0.4) is 0 Å². The van der Waals surface area contributed by atoms with Gasteiger partial charge in [0.1, 0.15) is 5.52 Å². The highest BCUT2D eigenvalue weighted by Crippen LogP contribution is 2.34. The van der Waals surface area contributed by atoms with Gasteiger partial charge in [-0.05, 0) is 57.7 Å². The average Bonchev–Trinajstić information content (AvgIpc) is 3.29. The zero-order valence-electron chi connectivity index (χ0n) is 18.9. The monoisotopic (exact) mass is 433 g/mol. The summed E-state index contributed by atoms with van der Waals surface area (Å²) in [5.74, 6) is 0.778. The van der Waals surface area contributed by atoms with Crippen molar-refractivity contribution in [1.29, 1.82) is 0 Å². The van der Waals surface area contributed by atoms with Gasteiger partial charge in [-0.3, -0.25) is 14.8 Å². The number of hydrogen-bond donors (Lipinski definition) is 0. The smallest absolute Gasteiger partial charge is 0.225 e. The Morgan fingerprint density at radius 3 is 2.62 bits per heavy atom. The number of hydrogen-bond acceptors (Lipinski definition) is 5. The van der Waals surface area contributed by atoms with Gasteiger partial charge in [0, 0.05) is 67.8 Å². The van der Waals surface area contributed by atoms with Crippen LogP contribution >= 0.6 is 0 Å². The number of amides is 1. The minimum atomic E-state index is 0.132. The molecule has 0 bridgehead atoms. The first-order valence-electron chi connectivity index (χ1n) is 11.8. The van der Waals surface area contributed by atoms with E-state index in [1.54, 1.807) is 6.20 Å². The third-order valence-corrected chi connectivity index (χ3v) is 6.87. The highest BCUT2D eigenvalue weighted by atomic mass is 16.5. The second-order valence-electron chi connectivity index (χ2n) is 9.24. The Morgan fingerprint density at radius 2 is 1.94 bits per heavy atom. The lowest BCUT2D eigenvalue weighted by Gasteiger charge is -2.35. The van der Waals surface area contributed by atoms with Crippen LogP contribution in [0.4, 0.5) is 0 Å². The summed E-state index contributed by atoms with van der Waals surface area (Å²) in [7, 11) is 0. The first-order chi connectivity index (χ1) is 15.6. The lowest BCUT2D eigenvalue weighted by atomic mass is 9.90. The number of carbonyl (C=O) groups excluding carboxylic acids is 1. The van der Waals surface area contributed by atoms with Crippen molar-refractivity contribution < 1.29 is 9.53 Å². The topological polar surface area (TPSA) is 73.1 Å². The molecular weight excluding hydrogens is 402 g/mol. The van der Waals surface area contributed by atoms with E-state index in [1.807, 2.05) is 24.7 Å². The van der Waals surface area contributed by atoms with Crippen molar-refractivity contribution in [2.75, 3.05) is 26.3 Å². The summed E-state index contributed by atoms with van der Waals surface area (Å²) >= 11 is 0. The molecule has 2 saturated heterocycles. The summed E-state index contributed by atoms with van der Waals surface area (Å²) in [6, 6.07) is 6.51. The SMILES string of the molecule is CC(C)n1cnc2c(-c3cccnc3)nc(C3CCN(C(=O)C4CCOCC4)CC3)cc21. The molecule has 0 aliphatic carbocycles. The van der Waals surface area contributed by atoms with Crippen LogP contribution in [-0.2, 0) is 9.53 Å². The molecule has 7 heteroatoms. The van der Waals surface area contributed by atoms with Gasteiger partial charge < -0.3 is 14.2 Å². The third kappa shape index (κ3) is 4.01. The summed E-state index contributed by atoms with van der Waals surface area (Å²) in [4.78, 5) is 29.1. The maximum Gasteiger partial charge on any atom is 0.225 e. The number of fused-ring (bicyclic) bond motifs is 1. The highest BCUT2D eigenvalue weighted by molar-refractivity contribution is 5.90.